The molecular formula is C20H18ClNO6. The van der Waals surface area contributed by atoms with Gasteiger partial charge in [-0.3, -0.25) is 14.4 Å². The Hall–Kier alpha value is -2.67. The van der Waals surface area contributed by atoms with E-state index >= 15 is 0 Å². The lowest BCUT2D eigenvalue weighted by molar-refractivity contribution is -0.184. The van der Waals surface area contributed by atoms with E-state index < -0.39 is 47.1 Å². The van der Waals surface area contributed by atoms with Gasteiger partial charge < -0.3 is 9.47 Å². The van der Waals surface area contributed by atoms with Gasteiger partial charge in [0, 0.05) is 0 Å². The zero-order chi connectivity index (χ0) is 20.4. The van der Waals surface area contributed by atoms with Crippen LogP contribution < -0.4 is 4.90 Å². The summed E-state index contributed by atoms with van der Waals surface area (Å²) >= 11 is 6.20. The van der Waals surface area contributed by atoms with Gasteiger partial charge in [-0.25, -0.2) is 9.69 Å². The molecule has 146 valence electrons. The second kappa shape index (κ2) is 6.17. The third-order valence-electron chi connectivity index (χ3n) is 5.87. The molecule has 2 saturated heterocycles. The number of imide groups is 1. The van der Waals surface area contributed by atoms with Crippen LogP contribution in [0.4, 0.5) is 5.69 Å². The molecule has 1 aromatic rings. The Kier molecular flexibility index (Phi) is 4.12. The molecule has 4 atom stereocenters. The average molecular weight is 404 g/mol. The number of hydrogen-bond donors (Lipinski definition) is 0. The van der Waals surface area contributed by atoms with Crippen LogP contribution in [0.25, 0.3) is 0 Å². The number of anilines is 1. The van der Waals surface area contributed by atoms with Gasteiger partial charge in [-0.05, 0) is 38.5 Å². The van der Waals surface area contributed by atoms with Gasteiger partial charge in [0.1, 0.15) is 11.5 Å². The highest BCUT2D eigenvalue weighted by Crippen LogP contribution is 2.58. The van der Waals surface area contributed by atoms with Crippen LogP contribution in [0.15, 0.2) is 35.4 Å². The van der Waals surface area contributed by atoms with Crippen LogP contribution in [-0.4, -0.2) is 36.5 Å². The predicted octanol–water partition coefficient (Wildman–Crippen LogP) is 2.27. The van der Waals surface area contributed by atoms with Crippen molar-refractivity contribution in [2.45, 2.75) is 26.9 Å². The maximum Gasteiger partial charge on any atom is 0.335 e. The number of halogens is 1. The zero-order valence-electron chi connectivity index (χ0n) is 15.5. The van der Waals surface area contributed by atoms with Crippen LogP contribution >= 0.6 is 11.6 Å². The number of rotatable bonds is 3. The number of fused-ring (bicyclic) bond motifs is 1. The van der Waals surface area contributed by atoms with Crippen LogP contribution in [0, 0.1) is 17.3 Å². The Balaban J connectivity index is 1.88. The highest BCUT2D eigenvalue weighted by molar-refractivity contribution is 6.36. The van der Waals surface area contributed by atoms with Gasteiger partial charge in [-0.1, -0.05) is 23.7 Å². The second-order valence-electron chi connectivity index (χ2n) is 7.27. The Labute approximate surface area is 166 Å². The summed E-state index contributed by atoms with van der Waals surface area (Å²) < 4.78 is 10.6. The maximum atomic E-state index is 13.3. The number of ether oxygens (including phenoxy) is 2. The summed E-state index contributed by atoms with van der Waals surface area (Å²) in [6.07, 6.45) is -0.984. The number of benzene rings is 1. The van der Waals surface area contributed by atoms with Crippen molar-refractivity contribution in [2.75, 3.05) is 11.5 Å². The smallest absolute Gasteiger partial charge is 0.335 e. The maximum absolute atomic E-state index is 13.3. The van der Waals surface area contributed by atoms with Crippen molar-refractivity contribution < 1.29 is 28.7 Å². The molecule has 28 heavy (non-hydrogen) atoms. The van der Waals surface area contributed by atoms with E-state index in [4.69, 9.17) is 21.1 Å². The van der Waals surface area contributed by atoms with E-state index in [9.17, 15) is 19.2 Å². The monoisotopic (exact) mass is 403 g/mol. The first-order valence-corrected chi connectivity index (χ1v) is 9.34. The molecule has 0 spiro atoms. The topological polar surface area (TPSA) is 90.0 Å². The van der Waals surface area contributed by atoms with Crippen LogP contribution in [0.2, 0.25) is 5.02 Å². The lowest BCUT2D eigenvalue weighted by Crippen LogP contribution is -2.60. The van der Waals surface area contributed by atoms with E-state index in [0.29, 0.717) is 5.57 Å². The fraction of sp³-hybridized carbons (Fsp3) is 0.400. The summed E-state index contributed by atoms with van der Waals surface area (Å²) in [6.45, 7) is 4.88. The van der Waals surface area contributed by atoms with Crippen LogP contribution in [0.5, 0.6) is 0 Å². The van der Waals surface area contributed by atoms with Gasteiger partial charge in [0.2, 0.25) is 11.8 Å². The molecule has 3 heterocycles. The van der Waals surface area contributed by atoms with Crippen molar-refractivity contribution >= 4 is 41.0 Å². The summed E-state index contributed by atoms with van der Waals surface area (Å²) in [5.41, 5.74) is -0.791. The normalized spacial score (nSPS) is 31.2. The Bertz CT molecular complexity index is 969. The second-order valence-corrected chi connectivity index (χ2v) is 7.68. The van der Waals surface area contributed by atoms with Crippen molar-refractivity contribution in [2.24, 2.45) is 17.3 Å². The quantitative estimate of drug-likeness (QED) is 0.568. The number of nitrogens with zero attached hydrogens (tertiary/aromatic N) is 1. The highest BCUT2D eigenvalue weighted by Gasteiger charge is 2.71. The van der Waals surface area contributed by atoms with Crippen LogP contribution in [0.3, 0.4) is 0 Å². The number of carbonyl (C=O) groups is 4. The van der Waals surface area contributed by atoms with Crippen molar-refractivity contribution in [1.82, 2.24) is 0 Å². The molecule has 0 saturated carbocycles. The first-order chi connectivity index (χ1) is 13.2. The number of esters is 2. The minimum atomic E-state index is -1.60. The molecule has 3 aliphatic heterocycles. The van der Waals surface area contributed by atoms with Crippen LogP contribution in [0.1, 0.15) is 20.8 Å². The SMILES string of the molecule is CCOC(=O)C1=C(C)[C@H]2OC(=O)[C@@]1(C)[C@H]1C(=O)N(c3ccccc3Cl)C(=O)[C@H]21. The predicted molar refractivity (Wildman–Crippen MR) is 98.2 cm³/mol. The fourth-order valence-corrected chi connectivity index (χ4v) is 4.88. The number of carbonyl (C=O) groups excluding carboxylic acids is 4. The van der Waals surface area contributed by atoms with Crippen LogP contribution in [-0.2, 0) is 28.7 Å². The molecule has 0 unspecified atom stereocenters. The minimum absolute atomic E-state index is 0.110. The first kappa shape index (κ1) is 18.7. The van der Waals surface area contributed by atoms with Gasteiger partial charge in [0.05, 0.1) is 34.7 Å². The third-order valence-corrected chi connectivity index (χ3v) is 6.19. The zero-order valence-corrected chi connectivity index (χ0v) is 16.3. The van der Waals surface area contributed by atoms with Gasteiger partial charge in [0.15, 0.2) is 0 Å². The molecule has 0 N–H and O–H groups in total. The van der Waals surface area contributed by atoms with Gasteiger partial charge in [0.25, 0.3) is 0 Å². The summed E-state index contributed by atoms with van der Waals surface area (Å²) in [5.74, 6) is -4.38. The molecule has 8 heteroatoms. The van der Waals surface area contributed by atoms with E-state index in [-0.39, 0.29) is 22.9 Å². The number of amides is 2. The molecule has 2 fully saturated rings. The fourth-order valence-electron chi connectivity index (χ4n) is 4.66. The Morgan fingerprint density at radius 1 is 1.25 bits per heavy atom. The van der Waals surface area contributed by atoms with Crippen molar-refractivity contribution in [1.29, 1.82) is 0 Å². The third kappa shape index (κ3) is 2.16. The molecule has 2 amide bonds. The lowest BCUT2D eigenvalue weighted by atomic mass is 9.57. The molecular weight excluding hydrogens is 386 g/mol. The first-order valence-electron chi connectivity index (χ1n) is 8.96. The highest BCUT2D eigenvalue weighted by atomic mass is 35.5. The summed E-state index contributed by atoms with van der Waals surface area (Å²) in [7, 11) is 0. The Morgan fingerprint density at radius 2 is 1.93 bits per heavy atom. The van der Waals surface area contributed by atoms with Gasteiger partial charge in [-0.2, -0.15) is 0 Å². The van der Waals surface area contributed by atoms with Crippen molar-refractivity contribution in [3.05, 3.63) is 40.4 Å². The average Bonchev–Trinajstić information content (AvgIpc) is 2.90. The van der Waals surface area contributed by atoms with E-state index in [2.05, 4.69) is 0 Å². The molecule has 4 aliphatic rings. The largest absolute Gasteiger partial charge is 0.463 e. The minimum Gasteiger partial charge on any atom is -0.463 e. The molecule has 5 rings (SSSR count). The Morgan fingerprint density at radius 3 is 2.57 bits per heavy atom. The molecule has 2 bridgehead atoms. The summed E-state index contributed by atoms with van der Waals surface area (Å²) in [5, 5.41) is 0.239. The summed E-state index contributed by atoms with van der Waals surface area (Å²) in [6, 6.07) is 6.49. The molecule has 7 nitrogen and oxygen atoms in total. The lowest BCUT2D eigenvalue weighted by Gasteiger charge is -2.48. The molecule has 1 aromatic carbocycles. The van der Waals surface area contributed by atoms with E-state index in [1.165, 1.54) is 6.92 Å². The molecule has 0 radical (unpaired) electrons. The number of para-hydroxylation sites is 1. The van der Waals surface area contributed by atoms with E-state index in [1.54, 1.807) is 38.1 Å². The standard InChI is InChI=1S/C20H18ClNO6/c1-4-27-18(25)13-9(2)15-12-14(20(13,3)19(26)28-15)17(24)22(16(12)23)11-8-6-5-7-10(11)21/h5-8,12,14-15H,4H2,1-3H3/t12-,14+,15+,20+/m0/s1. The van der Waals surface area contributed by atoms with Gasteiger partial charge >= 0.3 is 11.9 Å². The number of hydrogen-bond acceptors (Lipinski definition) is 6. The summed E-state index contributed by atoms with van der Waals surface area (Å²) in [4.78, 5) is 52.9. The molecule has 1 aliphatic carbocycles. The van der Waals surface area contributed by atoms with E-state index in [1.807, 2.05) is 0 Å². The van der Waals surface area contributed by atoms with Crippen molar-refractivity contribution in [3.63, 3.8) is 0 Å². The van der Waals surface area contributed by atoms with Crippen molar-refractivity contribution in [3.8, 4) is 0 Å². The van der Waals surface area contributed by atoms with Gasteiger partial charge in [-0.15, -0.1) is 0 Å². The van der Waals surface area contributed by atoms with E-state index in [0.717, 1.165) is 4.90 Å². The molecule has 0 aromatic heterocycles.